The summed E-state index contributed by atoms with van der Waals surface area (Å²) in [6, 6.07) is 0. The van der Waals surface area contributed by atoms with Crippen molar-refractivity contribution in [2.75, 3.05) is 0 Å². The number of allylic oxidation sites excluding steroid dienone is 2. The Morgan fingerprint density at radius 2 is 1.55 bits per heavy atom. The van der Waals surface area contributed by atoms with Crippen LogP contribution in [-0.4, -0.2) is 5.71 Å². The molecule has 0 rings (SSSR count). The molecule has 0 unspecified atom stereocenters. The quantitative estimate of drug-likeness (QED) is 0.559. The van der Waals surface area contributed by atoms with Gasteiger partial charge in [0.05, 0.1) is 0 Å². The van der Waals surface area contributed by atoms with E-state index in [0.717, 1.165) is 11.3 Å². The monoisotopic (exact) mass is 154 g/mol. The van der Waals surface area contributed by atoms with Gasteiger partial charge < -0.3 is 11.1 Å². The molecule has 0 aromatic carbocycles. The minimum Gasteiger partial charge on any atom is -0.402 e. The van der Waals surface area contributed by atoms with E-state index < -0.39 is 0 Å². The van der Waals surface area contributed by atoms with Crippen molar-refractivity contribution in [3.63, 3.8) is 0 Å². The van der Waals surface area contributed by atoms with Crippen LogP contribution in [0.4, 0.5) is 0 Å². The van der Waals surface area contributed by atoms with Crippen LogP contribution >= 0.6 is 0 Å². The molecular formula is C9H18N2. The number of nitrogens with one attached hydrogen (secondary N) is 1. The zero-order chi connectivity index (χ0) is 9.23. The van der Waals surface area contributed by atoms with Crippen molar-refractivity contribution in [2.45, 2.75) is 34.6 Å². The lowest BCUT2D eigenvalue weighted by molar-refractivity contribution is 0.586. The van der Waals surface area contributed by atoms with Gasteiger partial charge in [-0.05, 0) is 19.4 Å². The molecule has 0 aromatic rings. The Bertz CT molecular complexity index is 190. The van der Waals surface area contributed by atoms with Gasteiger partial charge in [-0.1, -0.05) is 20.8 Å². The van der Waals surface area contributed by atoms with E-state index in [-0.39, 0.29) is 5.41 Å². The summed E-state index contributed by atoms with van der Waals surface area (Å²) in [7, 11) is 0. The van der Waals surface area contributed by atoms with Gasteiger partial charge in [-0.25, -0.2) is 0 Å². The van der Waals surface area contributed by atoms with Gasteiger partial charge in [-0.3, -0.25) is 0 Å². The van der Waals surface area contributed by atoms with E-state index >= 15 is 0 Å². The normalized spacial score (nSPS) is 14.3. The highest BCUT2D eigenvalue weighted by molar-refractivity contribution is 6.01. The van der Waals surface area contributed by atoms with Gasteiger partial charge in [0.1, 0.15) is 0 Å². The van der Waals surface area contributed by atoms with Crippen molar-refractivity contribution < 1.29 is 0 Å². The van der Waals surface area contributed by atoms with Gasteiger partial charge in [0, 0.05) is 16.8 Å². The number of hydrogen-bond acceptors (Lipinski definition) is 2. The Morgan fingerprint density at radius 1 is 1.18 bits per heavy atom. The van der Waals surface area contributed by atoms with Crippen LogP contribution in [0, 0.1) is 10.8 Å². The summed E-state index contributed by atoms with van der Waals surface area (Å²) in [6.45, 7) is 9.77. The molecule has 2 heteroatoms. The van der Waals surface area contributed by atoms with Crippen LogP contribution in [-0.2, 0) is 0 Å². The maximum atomic E-state index is 7.74. The van der Waals surface area contributed by atoms with Crippen molar-refractivity contribution in [1.29, 1.82) is 5.41 Å². The predicted octanol–water partition coefficient (Wildman–Crippen LogP) is 2.30. The highest BCUT2D eigenvalue weighted by Gasteiger charge is 2.18. The van der Waals surface area contributed by atoms with Crippen molar-refractivity contribution in [2.24, 2.45) is 11.1 Å². The lowest BCUT2D eigenvalue weighted by Gasteiger charge is -2.20. The predicted molar refractivity (Wildman–Crippen MR) is 49.7 cm³/mol. The number of rotatable bonds is 1. The summed E-state index contributed by atoms with van der Waals surface area (Å²) in [4.78, 5) is 0. The fraction of sp³-hybridized carbons (Fsp3) is 0.667. The first kappa shape index (κ1) is 10.2. The second-order valence-electron chi connectivity index (χ2n) is 3.93. The van der Waals surface area contributed by atoms with Crippen LogP contribution in [0.5, 0.6) is 0 Å². The lowest BCUT2D eigenvalue weighted by atomic mass is 9.85. The average Bonchev–Trinajstić information content (AvgIpc) is 1.82. The van der Waals surface area contributed by atoms with Gasteiger partial charge in [0.15, 0.2) is 0 Å². The average molecular weight is 154 g/mol. The second kappa shape index (κ2) is 3.07. The van der Waals surface area contributed by atoms with Crippen LogP contribution in [0.25, 0.3) is 0 Å². The summed E-state index contributed by atoms with van der Waals surface area (Å²) in [6.07, 6.45) is 0. The molecule has 0 aliphatic rings. The maximum Gasteiger partial charge on any atom is 0.0413 e. The summed E-state index contributed by atoms with van der Waals surface area (Å²) in [5.41, 5.74) is 7.74. The highest BCUT2D eigenvalue weighted by Crippen LogP contribution is 2.20. The van der Waals surface area contributed by atoms with Gasteiger partial charge in [0.2, 0.25) is 0 Å². The van der Waals surface area contributed by atoms with Crippen LogP contribution in [0.2, 0.25) is 0 Å². The van der Waals surface area contributed by atoms with E-state index in [2.05, 4.69) is 0 Å². The molecule has 11 heavy (non-hydrogen) atoms. The van der Waals surface area contributed by atoms with Crippen molar-refractivity contribution >= 4 is 5.71 Å². The number of nitrogens with two attached hydrogens (primary N) is 1. The SMILES string of the molecule is C/C(N)=C(\C)C(=N)C(C)(C)C. The molecule has 0 atom stereocenters. The highest BCUT2D eigenvalue weighted by atomic mass is 14.6. The number of hydrogen-bond donors (Lipinski definition) is 2. The van der Waals surface area contributed by atoms with E-state index in [9.17, 15) is 0 Å². The molecule has 2 nitrogen and oxygen atoms in total. The Kier molecular flexibility index (Phi) is 2.85. The molecule has 0 heterocycles. The third-order valence-electron chi connectivity index (χ3n) is 1.72. The smallest absolute Gasteiger partial charge is 0.0413 e. The fourth-order valence-corrected chi connectivity index (χ4v) is 0.760. The summed E-state index contributed by atoms with van der Waals surface area (Å²) >= 11 is 0. The lowest BCUT2D eigenvalue weighted by Crippen LogP contribution is -2.22. The zero-order valence-electron chi connectivity index (χ0n) is 8.08. The summed E-state index contributed by atoms with van der Waals surface area (Å²) in [5.74, 6) is 0. The molecule has 0 amide bonds. The second-order valence-corrected chi connectivity index (χ2v) is 3.93. The first-order chi connectivity index (χ1) is 4.76. The standard InChI is InChI=1S/C9H18N2/c1-6(7(2)10)8(11)9(3,4)5/h11H,10H2,1-5H3/b7-6-,11-8?. The molecule has 0 fully saturated rings. The van der Waals surface area contributed by atoms with E-state index in [0.29, 0.717) is 5.71 Å². The molecule has 0 aliphatic carbocycles. The molecule has 0 radical (unpaired) electrons. The summed E-state index contributed by atoms with van der Waals surface area (Å²) in [5, 5.41) is 7.74. The largest absolute Gasteiger partial charge is 0.402 e. The minimum atomic E-state index is -0.0925. The van der Waals surface area contributed by atoms with Crippen LogP contribution in [0.15, 0.2) is 11.3 Å². The molecule has 0 aromatic heterocycles. The van der Waals surface area contributed by atoms with Crippen molar-refractivity contribution in [3.8, 4) is 0 Å². The van der Waals surface area contributed by atoms with Crippen molar-refractivity contribution in [1.82, 2.24) is 0 Å². The van der Waals surface area contributed by atoms with Crippen LogP contribution in [0.3, 0.4) is 0 Å². The zero-order valence-corrected chi connectivity index (χ0v) is 8.08. The van der Waals surface area contributed by atoms with Crippen molar-refractivity contribution in [3.05, 3.63) is 11.3 Å². The first-order valence-electron chi connectivity index (χ1n) is 3.79. The Hall–Kier alpha value is -0.790. The Balaban J connectivity index is 4.67. The maximum absolute atomic E-state index is 7.74. The van der Waals surface area contributed by atoms with E-state index in [1.165, 1.54) is 0 Å². The molecule has 3 N–H and O–H groups in total. The van der Waals surface area contributed by atoms with E-state index in [1.54, 1.807) is 0 Å². The van der Waals surface area contributed by atoms with Gasteiger partial charge in [0.25, 0.3) is 0 Å². The minimum absolute atomic E-state index is 0.0925. The third-order valence-corrected chi connectivity index (χ3v) is 1.72. The van der Waals surface area contributed by atoms with Gasteiger partial charge >= 0.3 is 0 Å². The Labute approximate surface area is 69.0 Å². The van der Waals surface area contributed by atoms with E-state index in [1.807, 2.05) is 34.6 Å². The van der Waals surface area contributed by atoms with Crippen LogP contribution < -0.4 is 5.73 Å². The fourth-order valence-electron chi connectivity index (χ4n) is 0.760. The van der Waals surface area contributed by atoms with E-state index in [4.69, 9.17) is 11.1 Å². The molecule has 0 spiro atoms. The molecule has 0 saturated heterocycles. The molecule has 64 valence electrons. The van der Waals surface area contributed by atoms with Gasteiger partial charge in [-0.2, -0.15) is 0 Å². The molecule has 0 bridgehead atoms. The molecular weight excluding hydrogens is 136 g/mol. The Morgan fingerprint density at radius 3 is 1.64 bits per heavy atom. The first-order valence-corrected chi connectivity index (χ1v) is 3.79. The topological polar surface area (TPSA) is 49.9 Å². The van der Waals surface area contributed by atoms with Crippen LogP contribution in [0.1, 0.15) is 34.6 Å². The third kappa shape index (κ3) is 2.74. The van der Waals surface area contributed by atoms with Gasteiger partial charge in [-0.15, -0.1) is 0 Å². The molecule has 0 aliphatic heterocycles. The summed E-state index contributed by atoms with van der Waals surface area (Å²) < 4.78 is 0. The molecule has 0 saturated carbocycles.